The molecule has 0 saturated heterocycles. The number of hydrogen-bond acceptors (Lipinski definition) is 2. The molecule has 0 aliphatic carbocycles. The smallest absolute Gasteiger partial charge is 0.0366 e. The molecule has 0 aromatic heterocycles. The van der Waals surface area contributed by atoms with E-state index >= 15 is 0 Å². The van der Waals surface area contributed by atoms with Gasteiger partial charge in [-0.3, -0.25) is 0 Å². The van der Waals surface area contributed by atoms with Crippen molar-refractivity contribution in [3.63, 3.8) is 0 Å². The van der Waals surface area contributed by atoms with Crippen LogP contribution in [0.4, 0.5) is 5.69 Å². The van der Waals surface area contributed by atoms with E-state index in [0.717, 1.165) is 19.6 Å². The second kappa shape index (κ2) is 7.54. The van der Waals surface area contributed by atoms with E-state index in [1.165, 1.54) is 30.5 Å². The summed E-state index contributed by atoms with van der Waals surface area (Å²) in [5, 5.41) is 0. The van der Waals surface area contributed by atoms with Crippen molar-refractivity contribution in [2.75, 3.05) is 24.5 Å². The molecule has 19 heavy (non-hydrogen) atoms. The summed E-state index contributed by atoms with van der Waals surface area (Å²) in [6.07, 6.45) is 3.71. The summed E-state index contributed by atoms with van der Waals surface area (Å²) >= 11 is 0. The number of hydrogen-bond donors (Lipinski definition) is 1. The predicted octanol–water partition coefficient (Wildman–Crippen LogP) is 3.98. The number of anilines is 1. The van der Waals surface area contributed by atoms with Gasteiger partial charge in [0.2, 0.25) is 0 Å². The van der Waals surface area contributed by atoms with Crippen LogP contribution in [0.25, 0.3) is 0 Å². The van der Waals surface area contributed by atoms with Crippen LogP contribution in [0.3, 0.4) is 0 Å². The van der Waals surface area contributed by atoms with Crippen molar-refractivity contribution in [3.05, 3.63) is 29.8 Å². The van der Waals surface area contributed by atoms with Gasteiger partial charge in [0.15, 0.2) is 0 Å². The zero-order valence-electron chi connectivity index (χ0n) is 13.1. The van der Waals surface area contributed by atoms with Crippen LogP contribution in [0.2, 0.25) is 0 Å². The zero-order chi connectivity index (χ0) is 14.3. The third-order valence-electron chi connectivity index (χ3n) is 3.87. The number of benzene rings is 1. The highest BCUT2D eigenvalue weighted by molar-refractivity contribution is 5.47. The average Bonchev–Trinajstić information content (AvgIpc) is 2.40. The molecule has 1 rings (SSSR count). The minimum absolute atomic E-state index is 0.293. The SMILES string of the molecule is CCN(CCCCC(C)(C)CN)c1ccc(C)cc1. The first-order valence-electron chi connectivity index (χ1n) is 7.50. The fourth-order valence-corrected chi connectivity index (χ4v) is 2.23. The normalized spacial score (nSPS) is 11.6. The molecule has 0 aliphatic rings. The maximum atomic E-state index is 5.77. The van der Waals surface area contributed by atoms with Gasteiger partial charge in [0.25, 0.3) is 0 Å². The van der Waals surface area contributed by atoms with E-state index in [1.807, 2.05) is 0 Å². The summed E-state index contributed by atoms with van der Waals surface area (Å²) in [7, 11) is 0. The molecule has 0 amide bonds. The van der Waals surface area contributed by atoms with Gasteiger partial charge in [0, 0.05) is 18.8 Å². The number of unbranched alkanes of at least 4 members (excludes halogenated alkanes) is 1. The largest absolute Gasteiger partial charge is 0.372 e. The molecule has 108 valence electrons. The van der Waals surface area contributed by atoms with E-state index in [0.29, 0.717) is 5.41 Å². The Morgan fingerprint density at radius 2 is 1.74 bits per heavy atom. The molecule has 1 aromatic carbocycles. The first-order valence-corrected chi connectivity index (χ1v) is 7.50. The Morgan fingerprint density at radius 3 is 2.26 bits per heavy atom. The Hall–Kier alpha value is -1.02. The lowest BCUT2D eigenvalue weighted by Gasteiger charge is -2.25. The van der Waals surface area contributed by atoms with E-state index in [9.17, 15) is 0 Å². The summed E-state index contributed by atoms with van der Waals surface area (Å²) in [6.45, 7) is 11.9. The van der Waals surface area contributed by atoms with E-state index in [4.69, 9.17) is 5.73 Å². The fourth-order valence-electron chi connectivity index (χ4n) is 2.23. The molecule has 0 aliphatic heterocycles. The standard InChI is InChI=1S/C17H30N2/c1-5-19(16-10-8-15(2)9-11-16)13-7-6-12-17(3,4)14-18/h8-11H,5-7,12-14,18H2,1-4H3. The first kappa shape index (κ1) is 16.0. The number of nitrogens with zero attached hydrogens (tertiary/aromatic N) is 1. The second-order valence-electron chi connectivity index (χ2n) is 6.24. The first-order chi connectivity index (χ1) is 8.98. The Kier molecular flexibility index (Phi) is 6.36. The fraction of sp³-hybridized carbons (Fsp3) is 0.647. The van der Waals surface area contributed by atoms with Crippen LogP contribution in [-0.2, 0) is 0 Å². The Balaban J connectivity index is 2.39. The minimum Gasteiger partial charge on any atom is -0.372 e. The van der Waals surface area contributed by atoms with Gasteiger partial charge in [-0.05, 0) is 50.8 Å². The molecular weight excluding hydrogens is 232 g/mol. The van der Waals surface area contributed by atoms with Crippen LogP contribution in [0.15, 0.2) is 24.3 Å². The average molecular weight is 262 g/mol. The quantitative estimate of drug-likeness (QED) is 0.718. The molecule has 0 saturated carbocycles. The molecule has 2 nitrogen and oxygen atoms in total. The molecule has 0 bridgehead atoms. The Bertz CT molecular complexity index is 354. The van der Waals surface area contributed by atoms with Crippen molar-refractivity contribution in [2.24, 2.45) is 11.1 Å². The summed E-state index contributed by atoms with van der Waals surface area (Å²) in [6, 6.07) is 8.83. The van der Waals surface area contributed by atoms with Crippen molar-refractivity contribution in [2.45, 2.75) is 47.0 Å². The third kappa shape index (κ3) is 5.65. The minimum atomic E-state index is 0.293. The van der Waals surface area contributed by atoms with Crippen LogP contribution < -0.4 is 10.6 Å². The molecule has 0 spiro atoms. The predicted molar refractivity (Wildman–Crippen MR) is 85.8 cm³/mol. The molecule has 0 fully saturated rings. The third-order valence-corrected chi connectivity index (χ3v) is 3.87. The lowest BCUT2D eigenvalue weighted by molar-refractivity contribution is 0.333. The number of rotatable bonds is 8. The molecule has 2 heteroatoms. The van der Waals surface area contributed by atoms with Crippen molar-refractivity contribution in [1.29, 1.82) is 0 Å². The van der Waals surface area contributed by atoms with Crippen LogP contribution >= 0.6 is 0 Å². The van der Waals surface area contributed by atoms with Crippen LogP contribution in [0.5, 0.6) is 0 Å². The van der Waals surface area contributed by atoms with Gasteiger partial charge < -0.3 is 10.6 Å². The van der Waals surface area contributed by atoms with Crippen molar-refractivity contribution >= 4 is 5.69 Å². The molecule has 0 unspecified atom stereocenters. The van der Waals surface area contributed by atoms with E-state index in [1.54, 1.807) is 0 Å². The second-order valence-corrected chi connectivity index (χ2v) is 6.24. The summed E-state index contributed by atoms with van der Waals surface area (Å²) in [5.74, 6) is 0. The van der Waals surface area contributed by atoms with E-state index in [-0.39, 0.29) is 0 Å². The molecule has 0 atom stereocenters. The Morgan fingerprint density at radius 1 is 1.11 bits per heavy atom. The monoisotopic (exact) mass is 262 g/mol. The van der Waals surface area contributed by atoms with Gasteiger partial charge in [0.05, 0.1) is 0 Å². The highest BCUT2D eigenvalue weighted by Crippen LogP contribution is 2.22. The van der Waals surface area contributed by atoms with Crippen molar-refractivity contribution in [1.82, 2.24) is 0 Å². The van der Waals surface area contributed by atoms with E-state index < -0.39 is 0 Å². The summed E-state index contributed by atoms with van der Waals surface area (Å²) < 4.78 is 0. The number of nitrogens with two attached hydrogens (primary N) is 1. The maximum absolute atomic E-state index is 5.77. The Labute approximate surface area is 119 Å². The molecule has 2 N–H and O–H groups in total. The summed E-state index contributed by atoms with van der Waals surface area (Å²) in [4.78, 5) is 2.45. The van der Waals surface area contributed by atoms with Crippen LogP contribution in [0, 0.1) is 12.3 Å². The molecular formula is C17H30N2. The molecule has 0 heterocycles. The lowest BCUT2D eigenvalue weighted by atomic mass is 9.87. The lowest BCUT2D eigenvalue weighted by Crippen LogP contribution is -2.26. The maximum Gasteiger partial charge on any atom is 0.0366 e. The highest BCUT2D eigenvalue weighted by atomic mass is 15.1. The summed E-state index contributed by atoms with van der Waals surface area (Å²) in [5.41, 5.74) is 8.72. The van der Waals surface area contributed by atoms with Crippen LogP contribution in [0.1, 0.15) is 45.6 Å². The highest BCUT2D eigenvalue weighted by Gasteiger charge is 2.14. The van der Waals surface area contributed by atoms with Gasteiger partial charge in [-0.1, -0.05) is 38.0 Å². The molecule has 0 radical (unpaired) electrons. The van der Waals surface area contributed by atoms with Gasteiger partial charge in [-0.25, -0.2) is 0 Å². The van der Waals surface area contributed by atoms with Gasteiger partial charge in [-0.2, -0.15) is 0 Å². The van der Waals surface area contributed by atoms with Crippen molar-refractivity contribution in [3.8, 4) is 0 Å². The van der Waals surface area contributed by atoms with Gasteiger partial charge >= 0.3 is 0 Å². The van der Waals surface area contributed by atoms with Gasteiger partial charge in [0.1, 0.15) is 0 Å². The zero-order valence-corrected chi connectivity index (χ0v) is 13.1. The number of aryl methyl sites for hydroxylation is 1. The topological polar surface area (TPSA) is 29.3 Å². The van der Waals surface area contributed by atoms with Crippen LogP contribution in [-0.4, -0.2) is 19.6 Å². The van der Waals surface area contributed by atoms with Crippen molar-refractivity contribution < 1.29 is 0 Å². The van der Waals surface area contributed by atoms with E-state index in [2.05, 4.69) is 56.9 Å². The molecule has 1 aromatic rings. The van der Waals surface area contributed by atoms with Gasteiger partial charge in [-0.15, -0.1) is 0 Å².